The van der Waals surface area contributed by atoms with Crippen molar-refractivity contribution in [1.82, 2.24) is 15.5 Å². The first-order chi connectivity index (χ1) is 17.8. The number of hydrogen-bond donors (Lipinski definition) is 5. The lowest BCUT2D eigenvalue weighted by atomic mass is 10.1. The van der Waals surface area contributed by atoms with Crippen LogP contribution in [0.25, 0.3) is 0 Å². The molecule has 0 saturated carbocycles. The zero-order chi connectivity index (χ0) is 27.0. The van der Waals surface area contributed by atoms with Crippen molar-refractivity contribution in [3.8, 4) is 11.5 Å². The zero-order valence-electron chi connectivity index (χ0n) is 21.5. The molecular weight excluding hydrogens is 476 g/mol. The van der Waals surface area contributed by atoms with E-state index < -0.39 is 18.1 Å². The number of carboxylic acid groups (broad SMARTS) is 2. The molecular formula is C27H38N4O6. The summed E-state index contributed by atoms with van der Waals surface area (Å²) in [4.78, 5) is 36.5. The third-order valence-electron chi connectivity index (χ3n) is 5.74. The Hall–Kier alpha value is -3.79. The van der Waals surface area contributed by atoms with Gasteiger partial charge in [0.25, 0.3) is 5.91 Å². The molecule has 202 valence electrons. The Bertz CT molecular complexity index is 1000. The van der Waals surface area contributed by atoms with Gasteiger partial charge in [-0.25, -0.2) is 4.79 Å². The molecule has 5 N–H and O–H groups in total. The van der Waals surface area contributed by atoms with E-state index in [9.17, 15) is 19.5 Å². The number of rotatable bonds is 17. The molecule has 0 bridgehead atoms. The van der Waals surface area contributed by atoms with Crippen LogP contribution in [0.2, 0.25) is 0 Å². The second kappa shape index (κ2) is 16.1. The van der Waals surface area contributed by atoms with Crippen molar-refractivity contribution in [3.05, 3.63) is 54.1 Å². The van der Waals surface area contributed by atoms with Gasteiger partial charge in [-0.15, -0.1) is 0 Å². The Morgan fingerprint density at radius 2 is 1.73 bits per heavy atom. The zero-order valence-corrected chi connectivity index (χ0v) is 21.5. The van der Waals surface area contributed by atoms with Crippen molar-refractivity contribution in [1.29, 1.82) is 0 Å². The maximum atomic E-state index is 12.7. The summed E-state index contributed by atoms with van der Waals surface area (Å²) in [6, 6.07) is 13.8. The SMILES string of the molecule is CCCCNc1cc(C(=O)NCCCC(NCCN(CC)C(=O)O)C(=O)O)ccc1Oc1ccccc1. The first-order valence-corrected chi connectivity index (χ1v) is 12.7. The molecule has 0 radical (unpaired) electrons. The maximum Gasteiger partial charge on any atom is 0.407 e. The molecule has 0 aromatic heterocycles. The fourth-order valence-electron chi connectivity index (χ4n) is 3.60. The molecule has 2 amide bonds. The highest BCUT2D eigenvalue weighted by molar-refractivity contribution is 5.95. The van der Waals surface area contributed by atoms with Crippen LogP contribution in [-0.2, 0) is 4.79 Å². The minimum atomic E-state index is -1.04. The maximum absolute atomic E-state index is 12.7. The average molecular weight is 515 g/mol. The topological polar surface area (TPSA) is 140 Å². The number of amides is 2. The van der Waals surface area contributed by atoms with Crippen LogP contribution < -0.4 is 20.7 Å². The minimum absolute atomic E-state index is 0.199. The number of nitrogens with one attached hydrogen (secondary N) is 3. The Balaban J connectivity index is 1.90. The number of hydrogen-bond acceptors (Lipinski definition) is 6. The average Bonchev–Trinajstić information content (AvgIpc) is 2.88. The van der Waals surface area contributed by atoms with Crippen molar-refractivity contribution in [2.75, 3.05) is 38.0 Å². The molecule has 0 fully saturated rings. The summed E-state index contributed by atoms with van der Waals surface area (Å²) in [5.74, 6) is 0.0511. The molecule has 2 rings (SSSR count). The fraction of sp³-hybridized carbons (Fsp3) is 0.444. The Morgan fingerprint density at radius 3 is 2.38 bits per heavy atom. The van der Waals surface area contributed by atoms with E-state index in [2.05, 4.69) is 22.9 Å². The summed E-state index contributed by atoms with van der Waals surface area (Å²) < 4.78 is 6.00. The van der Waals surface area contributed by atoms with Gasteiger partial charge in [0.15, 0.2) is 5.75 Å². The monoisotopic (exact) mass is 514 g/mol. The van der Waals surface area contributed by atoms with Gasteiger partial charge in [-0.05, 0) is 56.5 Å². The van der Waals surface area contributed by atoms with E-state index in [0.717, 1.165) is 25.1 Å². The molecule has 1 unspecified atom stereocenters. The molecule has 0 heterocycles. The summed E-state index contributed by atoms with van der Waals surface area (Å²) in [6.45, 7) is 5.64. The third kappa shape index (κ3) is 10.4. The minimum Gasteiger partial charge on any atom is -0.480 e. The number of benzene rings is 2. The Labute approximate surface area is 218 Å². The van der Waals surface area contributed by atoms with Crippen molar-refractivity contribution in [3.63, 3.8) is 0 Å². The molecule has 0 spiro atoms. The molecule has 10 heteroatoms. The standard InChI is InChI=1S/C27H38N4O6/c1-3-5-15-28-23-19-20(13-14-24(23)37-21-10-7-6-8-11-21)25(32)30-16-9-12-22(26(33)34)29-17-18-31(4-2)27(35)36/h6-8,10-11,13-14,19,22,28-29H,3-5,9,12,15-18H2,1-2H3,(H,30,32)(H,33,34)(H,35,36). The van der Waals surface area contributed by atoms with Crippen molar-refractivity contribution in [2.45, 2.75) is 45.6 Å². The molecule has 2 aromatic carbocycles. The first-order valence-electron chi connectivity index (χ1n) is 12.7. The molecule has 0 aliphatic carbocycles. The van der Waals surface area contributed by atoms with E-state index in [1.54, 1.807) is 25.1 Å². The Kier molecular flexibility index (Phi) is 12.8. The summed E-state index contributed by atoms with van der Waals surface area (Å²) in [6.07, 6.45) is 1.71. The number of para-hydroxylation sites is 1. The van der Waals surface area contributed by atoms with Gasteiger partial charge < -0.3 is 35.8 Å². The summed E-state index contributed by atoms with van der Waals surface area (Å²) in [7, 11) is 0. The molecule has 0 saturated heterocycles. The second-order valence-corrected chi connectivity index (χ2v) is 8.51. The fourth-order valence-corrected chi connectivity index (χ4v) is 3.60. The molecule has 37 heavy (non-hydrogen) atoms. The van der Waals surface area contributed by atoms with Crippen molar-refractivity contribution < 1.29 is 29.3 Å². The molecule has 0 aliphatic heterocycles. The van der Waals surface area contributed by atoms with Crippen LogP contribution in [0, 0.1) is 0 Å². The van der Waals surface area contributed by atoms with Gasteiger partial charge in [-0.1, -0.05) is 31.5 Å². The van der Waals surface area contributed by atoms with E-state index >= 15 is 0 Å². The largest absolute Gasteiger partial charge is 0.480 e. The van der Waals surface area contributed by atoms with Gasteiger partial charge in [-0.2, -0.15) is 0 Å². The van der Waals surface area contributed by atoms with E-state index in [0.29, 0.717) is 43.0 Å². The van der Waals surface area contributed by atoms with E-state index in [1.165, 1.54) is 4.90 Å². The van der Waals surface area contributed by atoms with Crippen LogP contribution in [0.3, 0.4) is 0 Å². The number of carboxylic acids is 1. The normalized spacial score (nSPS) is 11.4. The number of nitrogens with zero attached hydrogens (tertiary/aromatic N) is 1. The predicted octanol–water partition coefficient (Wildman–Crippen LogP) is 4.24. The molecule has 2 aromatic rings. The highest BCUT2D eigenvalue weighted by Crippen LogP contribution is 2.30. The summed E-state index contributed by atoms with van der Waals surface area (Å²) >= 11 is 0. The number of anilines is 1. The third-order valence-corrected chi connectivity index (χ3v) is 5.74. The summed E-state index contributed by atoms with van der Waals surface area (Å²) in [5.41, 5.74) is 1.20. The smallest absolute Gasteiger partial charge is 0.407 e. The molecule has 10 nitrogen and oxygen atoms in total. The van der Waals surface area contributed by atoms with Crippen LogP contribution in [0.1, 0.15) is 49.9 Å². The number of ether oxygens (including phenoxy) is 1. The highest BCUT2D eigenvalue weighted by Gasteiger charge is 2.18. The van der Waals surface area contributed by atoms with E-state index in [-0.39, 0.29) is 19.0 Å². The van der Waals surface area contributed by atoms with Crippen LogP contribution in [0.5, 0.6) is 11.5 Å². The van der Waals surface area contributed by atoms with Crippen LogP contribution in [0.15, 0.2) is 48.5 Å². The number of carbonyl (C=O) groups excluding carboxylic acids is 1. The lowest BCUT2D eigenvalue weighted by molar-refractivity contribution is -0.139. The van der Waals surface area contributed by atoms with Gasteiger partial charge in [0.2, 0.25) is 0 Å². The van der Waals surface area contributed by atoms with Crippen molar-refractivity contribution >= 4 is 23.7 Å². The number of unbranched alkanes of at least 4 members (excludes halogenated alkanes) is 1. The number of aliphatic carboxylic acids is 1. The Morgan fingerprint density at radius 1 is 0.973 bits per heavy atom. The van der Waals surface area contributed by atoms with Gasteiger partial charge >= 0.3 is 12.1 Å². The van der Waals surface area contributed by atoms with E-state index in [1.807, 2.05) is 30.3 Å². The lowest BCUT2D eigenvalue weighted by Gasteiger charge is -2.19. The van der Waals surface area contributed by atoms with Crippen LogP contribution in [0.4, 0.5) is 10.5 Å². The lowest BCUT2D eigenvalue weighted by Crippen LogP contribution is -2.43. The number of carbonyl (C=O) groups is 3. The van der Waals surface area contributed by atoms with Gasteiger partial charge in [0, 0.05) is 38.3 Å². The van der Waals surface area contributed by atoms with Crippen LogP contribution >= 0.6 is 0 Å². The summed E-state index contributed by atoms with van der Waals surface area (Å²) in [5, 5.41) is 27.6. The quantitative estimate of drug-likeness (QED) is 0.197. The molecule has 0 aliphatic rings. The van der Waals surface area contributed by atoms with Gasteiger partial charge in [0.05, 0.1) is 5.69 Å². The van der Waals surface area contributed by atoms with Gasteiger partial charge in [-0.3, -0.25) is 9.59 Å². The second-order valence-electron chi connectivity index (χ2n) is 8.51. The predicted molar refractivity (Wildman–Crippen MR) is 143 cm³/mol. The van der Waals surface area contributed by atoms with E-state index in [4.69, 9.17) is 9.84 Å². The first kappa shape index (κ1) is 29.4. The number of likely N-dealkylation sites (N-methyl/N-ethyl adjacent to an activating group) is 1. The van der Waals surface area contributed by atoms with Crippen LogP contribution in [-0.4, -0.2) is 71.8 Å². The van der Waals surface area contributed by atoms with Crippen molar-refractivity contribution in [2.24, 2.45) is 0 Å². The van der Waals surface area contributed by atoms with Gasteiger partial charge in [0.1, 0.15) is 11.8 Å². The molecule has 1 atom stereocenters. The highest BCUT2D eigenvalue weighted by atomic mass is 16.5.